The van der Waals surface area contributed by atoms with Crippen LogP contribution in [-0.4, -0.2) is 34.9 Å². The van der Waals surface area contributed by atoms with Crippen LogP contribution in [0.15, 0.2) is 36.7 Å². The highest BCUT2D eigenvalue weighted by atomic mass is 19.1. The molecule has 1 fully saturated rings. The van der Waals surface area contributed by atoms with Crippen molar-refractivity contribution >= 4 is 22.4 Å². The number of halogens is 1. The first-order valence-corrected chi connectivity index (χ1v) is 7.82. The van der Waals surface area contributed by atoms with E-state index in [1.54, 1.807) is 23.9 Å². The molecule has 0 bridgehead atoms. The lowest BCUT2D eigenvalue weighted by Gasteiger charge is -2.16. The van der Waals surface area contributed by atoms with Gasteiger partial charge >= 0.3 is 0 Å². The van der Waals surface area contributed by atoms with Gasteiger partial charge < -0.3 is 10.2 Å². The number of pyridine rings is 1. The van der Waals surface area contributed by atoms with Crippen LogP contribution in [0.4, 0.5) is 15.8 Å². The van der Waals surface area contributed by atoms with Gasteiger partial charge in [-0.2, -0.15) is 0 Å². The van der Waals surface area contributed by atoms with Crippen LogP contribution in [0, 0.1) is 5.82 Å². The van der Waals surface area contributed by atoms with Crippen LogP contribution in [0.2, 0.25) is 0 Å². The molecule has 0 radical (unpaired) electrons. The number of nitrogens with one attached hydrogen (secondary N) is 1. The Kier molecular flexibility index (Phi) is 3.37. The minimum atomic E-state index is -0.309. The third kappa shape index (κ3) is 2.50. The molecule has 0 saturated carbocycles. The van der Waals surface area contributed by atoms with Gasteiger partial charge in [-0.3, -0.25) is 0 Å². The lowest BCUT2D eigenvalue weighted by atomic mass is 10.2. The largest absolute Gasteiger partial charge is 0.388 e. The molecule has 118 valence electrons. The van der Waals surface area contributed by atoms with Gasteiger partial charge in [0.05, 0.1) is 11.9 Å². The molecule has 4 rings (SSSR count). The first-order valence-electron chi connectivity index (χ1n) is 7.82. The Bertz CT molecular complexity index is 851. The highest BCUT2D eigenvalue weighted by molar-refractivity contribution is 5.78. The predicted octanol–water partition coefficient (Wildman–Crippen LogP) is 3.20. The van der Waals surface area contributed by atoms with Gasteiger partial charge in [0.2, 0.25) is 0 Å². The van der Waals surface area contributed by atoms with E-state index in [2.05, 4.69) is 26.4 Å². The van der Waals surface area contributed by atoms with Crippen LogP contribution in [0.5, 0.6) is 0 Å². The summed E-state index contributed by atoms with van der Waals surface area (Å²) in [5.74, 6) is -0.309. The Labute approximate surface area is 133 Å². The molecule has 0 spiro atoms. The molecule has 5 nitrogen and oxygen atoms in total. The molecular weight excluding hydrogens is 293 g/mol. The van der Waals surface area contributed by atoms with E-state index in [-0.39, 0.29) is 5.82 Å². The number of benzene rings is 1. The maximum absolute atomic E-state index is 14.1. The van der Waals surface area contributed by atoms with Crippen molar-refractivity contribution < 1.29 is 4.39 Å². The molecule has 0 aliphatic carbocycles. The maximum Gasteiger partial charge on any atom is 0.181 e. The quantitative estimate of drug-likeness (QED) is 0.807. The second kappa shape index (κ2) is 5.53. The SMILES string of the molecule is CNc1ccc(F)c(-n2cc3cc(N4CCCC4)cnc3n2)c1. The molecular formula is C17H18FN5. The van der Waals surface area contributed by atoms with Crippen molar-refractivity contribution in [1.82, 2.24) is 14.8 Å². The van der Waals surface area contributed by atoms with E-state index >= 15 is 0 Å². The van der Waals surface area contributed by atoms with Gasteiger partial charge in [-0.25, -0.2) is 14.1 Å². The summed E-state index contributed by atoms with van der Waals surface area (Å²) in [6.07, 6.45) is 6.13. The van der Waals surface area contributed by atoms with Crippen molar-refractivity contribution in [2.24, 2.45) is 0 Å². The highest BCUT2D eigenvalue weighted by Crippen LogP contribution is 2.25. The number of hydrogen-bond donors (Lipinski definition) is 1. The maximum atomic E-state index is 14.1. The van der Waals surface area contributed by atoms with E-state index in [4.69, 9.17) is 0 Å². The molecule has 23 heavy (non-hydrogen) atoms. The van der Waals surface area contributed by atoms with Crippen LogP contribution in [-0.2, 0) is 0 Å². The number of rotatable bonds is 3. The summed E-state index contributed by atoms with van der Waals surface area (Å²) in [6, 6.07) is 6.96. The molecule has 0 atom stereocenters. The molecule has 1 N–H and O–H groups in total. The third-order valence-corrected chi connectivity index (χ3v) is 4.30. The molecule has 3 aromatic rings. The summed E-state index contributed by atoms with van der Waals surface area (Å²) >= 11 is 0. The van der Waals surface area contributed by atoms with Crippen molar-refractivity contribution in [1.29, 1.82) is 0 Å². The smallest absolute Gasteiger partial charge is 0.181 e. The summed E-state index contributed by atoms with van der Waals surface area (Å²) in [5, 5.41) is 8.34. The Balaban J connectivity index is 1.76. The van der Waals surface area contributed by atoms with Crippen molar-refractivity contribution in [3.63, 3.8) is 0 Å². The molecule has 3 heterocycles. The molecule has 1 saturated heterocycles. The second-order valence-electron chi connectivity index (χ2n) is 5.79. The topological polar surface area (TPSA) is 46.0 Å². The molecule has 1 aliphatic heterocycles. The first-order chi connectivity index (χ1) is 11.2. The van der Waals surface area contributed by atoms with Gasteiger partial charge in [0.15, 0.2) is 5.65 Å². The predicted molar refractivity (Wildman–Crippen MR) is 89.8 cm³/mol. The molecule has 0 amide bonds. The highest BCUT2D eigenvalue weighted by Gasteiger charge is 2.15. The van der Waals surface area contributed by atoms with Gasteiger partial charge in [0, 0.05) is 37.4 Å². The van der Waals surface area contributed by atoms with Gasteiger partial charge in [-0.05, 0) is 37.1 Å². The van der Waals surface area contributed by atoms with Crippen LogP contribution in [0.1, 0.15) is 12.8 Å². The monoisotopic (exact) mass is 311 g/mol. The zero-order chi connectivity index (χ0) is 15.8. The molecule has 6 heteroatoms. The van der Waals surface area contributed by atoms with E-state index < -0.39 is 0 Å². The fraction of sp³-hybridized carbons (Fsp3) is 0.294. The van der Waals surface area contributed by atoms with Crippen LogP contribution >= 0.6 is 0 Å². The first kappa shape index (κ1) is 14.0. The lowest BCUT2D eigenvalue weighted by Crippen LogP contribution is -2.17. The van der Waals surface area contributed by atoms with Crippen LogP contribution in [0.3, 0.4) is 0 Å². The lowest BCUT2D eigenvalue weighted by molar-refractivity contribution is 0.611. The molecule has 1 aliphatic rings. The zero-order valence-corrected chi connectivity index (χ0v) is 13.0. The average Bonchev–Trinajstić information content (AvgIpc) is 3.24. The third-order valence-electron chi connectivity index (χ3n) is 4.30. The second-order valence-corrected chi connectivity index (χ2v) is 5.79. The average molecular weight is 311 g/mol. The van der Waals surface area contributed by atoms with Crippen LogP contribution < -0.4 is 10.2 Å². The normalized spacial score (nSPS) is 14.6. The molecule has 1 aromatic carbocycles. The van der Waals surface area contributed by atoms with Gasteiger partial charge in [-0.15, -0.1) is 5.10 Å². The fourth-order valence-electron chi connectivity index (χ4n) is 3.02. The Morgan fingerprint density at radius 2 is 2.00 bits per heavy atom. The van der Waals surface area contributed by atoms with Gasteiger partial charge in [0.1, 0.15) is 11.5 Å². The van der Waals surface area contributed by atoms with Crippen molar-refractivity contribution in [2.75, 3.05) is 30.4 Å². The standard InChI is InChI=1S/C17H18FN5/c1-19-13-4-5-15(18)16(9-13)23-11-12-8-14(10-20-17(12)21-23)22-6-2-3-7-22/h4-5,8-11,19H,2-3,6-7H2,1H3. The van der Waals surface area contributed by atoms with Crippen molar-refractivity contribution in [2.45, 2.75) is 12.8 Å². The number of hydrogen-bond acceptors (Lipinski definition) is 4. The summed E-state index contributed by atoms with van der Waals surface area (Å²) in [4.78, 5) is 6.76. The van der Waals surface area contributed by atoms with Gasteiger partial charge in [-0.1, -0.05) is 0 Å². The summed E-state index contributed by atoms with van der Waals surface area (Å²) in [6.45, 7) is 2.14. The number of nitrogens with zero attached hydrogens (tertiary/aromatic N) is 4. The van der Waals surface area contributed by atoms with Crippen molar-refractivity contribution in [3.05, 3.63) is 42.5 Å². The minimum absolute atomic E-state index is 0.309. The Hall–Kier alpha value is -2.63. The minimum Gasteiger partial charge on any atom is -0.388 e. The number of aromatic nitrogens is 3. The Morgan fingerprint density at radius 1 is 1.17 bits per heavy atom. The number of fused-ring (bicyclic) bond motifs is 1. The van der Waals surface area contributed by atoms with E-state index in [1.807, 2.05) is 12.4 Å². The molecule has 2 aromatic heterocycles. The van der Waals surface area contributed by atoms with Gasteiger partial charge in [0.25, 0.3) is 0 Å². The van der Waals surface area contributed by atoms with E-state index in [9.17, 15) is 4.39 Å². The molecule has 0 unspecified atom stereocenters. The number of anilines is 2. The van der Waals surface area contributed by atoms with E-state index in [0.717, 1.165) is 29.9 Å². The van der Waals surface area contributed by atoms with Crippen molar-refractivity contribution in [3.8, 4) is 5.69 Å². The van der Waals surface area contributed by atoms with E-state index in [0.29, 0.717) is 11.3 Å². The summed E-state index contributed by atoms with van der Waals surface area (Å²) in [5.41, 5.74) is 2.99. The Morgan fingerprint density at radius 3 is 2.78 bits per heavy atom. The zero-order valence-electron chi connectivity index (χ0n) is 13.0. The van der Waals surface area contributed by atoms with E-state index in [1.165, 1.54) is 18.9 Å². The van der Waals surface area contributed by atoms with Crippen LogP contribution in [0.25, 0.3) is 16.7 Å². The summed E-state index contributed by atoms with van der Waals surface area (Å²) < 4.78 is 15.7. The summed E-state index contributed by atoms with van der Waals surface area (Å²) in [7, 11) is 1.81. The fourth-order valence-corrected chi connectivity index (χ4v) is 3.02.